The van der Waals surface area contributed by atoms with Gasteiger partial charge in [0.2, 0.25) is 5.91 Å². The maximum atomic E-state index is 13.3. The van der Waals surface area contributed by atoms with Gasteiger partial charge in [-0.1, -0.05) is 60.7 Å². The fourth-order valence-corrected chi connectivity index (χ4v) is 5.31. The minimum Gasteiger partial charge on any atom is -0.343 e. The zero-order valence-electron chi connectivity index (χ0n) is 16.7. The Morgan fingerprint density at radius 2 is 1.84 bits per heavy atom. The third-order valence-corrected chi connectivity index (χ3v) is 6.93. The summed E-state index contributed by atoms with van der Waals surface area (Å²) in [6.07, 6.45) is 1.23. The summed E-state index contributed by atoms with van der Waals surface area (Å²) in [5.74, 6) is -0.737. The first-order chi connectivity index (χ1) is 15.1. The molecular formula is C24H21N3O3S. The Labute approximate surface area is 183 Å². The quantitative estimate of drug-likeness (QED) is 0.608. The van der Waals surface area contributed by atoms with Gasteiger partial charge in [-0.25, -0.2) is 4.79 Å². The summed E-state index contributed by atoms with van der Waals surface area (Å²) >= 11 is 1.54. The molecular weight excluding hydrogens is 410 g/mol. The second-order valence-electron chi connectivity index (χ2n) is 7.81. The monoisotopic (exact) mass is 431 g/mol. The van der Waals surface area contributed by atoms with Crippen LogP contribution in [-0.2, 0) is 21.5 Å². The van der Waals surface area contributed by atoms with Gasteiger partial charge in [-0.15, -0.1) is 11.3 Å². The van der Waals surface area contributed by atoms with E-state index >= 15 is 0 Å². The number of urea groups is 1. The molecule has 7 heteroatoms. The first-order valence-corrected chi connectivity index (χ1v) is 11.1. The summed E-state index contributed by atoms with van der Waals surface area (Å²) in [6, 6.07) is 20.3. The lowest BCUT2D eigenvalue weighted by Crippen LogP contribution is -2.44. The highest BCUT2D eigenvalue weighted by Crippen LogP contribution is 2.41. The number of nitrogens with one attached hydrogen (secondary N) is 2. The fraction of sp³-hybridized carbons (Fsp3) is 0.208. The standard InChI is InChI=1S/C24H21N3O3S/c28-20(25-21(19-11-6-14-31-19)17-8-2-1-3-9-17)15-27-22(29)24(26-23(27)30)13-12-16-7-4-5-10-18(16)24/h1-11,14,21H,12-13,15H2,(H,25,28)(H,26,30)/t21-,24-/m0/s1. The van der Waals surface area contributed by atoms with Crippen LogP contribution in [0.5, 0.6) is 0 Å². The average molecular weight is 432 g/mol. The molecule has 2 atom stereocenters. The van der Waals surface area contributed by atoms with E-state index in [0.717, 1.165) is 32.9 Å². The van der Waals surface area contributed by atoms with Crippen molar-refractivity contribution in [2.75, 3.05) is 6.54 Å². The van der Waals surface area contributed by atoms with Crippen LogP contribution in [0.2, 0.25) is 0 Å². The van der Waals surface area contributed by atoms with Crippen LogP contribution in [0.25, 0.3) is 0 Å². The number of thiophene rings is 1. The van der Waals surface area contributed by atoms with Gasteiger partial charge >= 0.3 is 6.03 Å². The zero-order chi connectivity index (χ0) is 21.4. The normalized spacial score (nSPS) is 20.6. The van der Waals surface area contributed by atoms with Crippen molar-refractivity contribution >= 4 is 29.2 Å². The molecule has 1 aromatic heterocycles. The minimum atomic E-state index is -1.06. The van der Waals surface area contributed by atoms with Crippen LogP contribution in [0.4, 0.5) is 4.79 Å². The van der Waals surface area contributed by atoms with Gasteiger partial charge in [0.15, 0.2) is 0 Å². The summed E-state index contributed by atoms with van der Waals surface area (Å²) < 4.78 is 0. The molecule has 2 aromatic carbocycles. The molecule has 31 heavy (non-hydrogen) atoms. The fourth-order valence-electron chi connectivity index (χ4n) is 4.50. The van der Waals surface area contributed by atoms with Crippen LogP contribution in [0.1, 0.15) is 34.0 Å². The number of hydrogen-bond donors (Lipinski definition) is 2. The molecule has 6 nitrogen and oxygen atoms in total. The lowest BCUT2D eigenvalue weighted by molar-refractivity contribution is -0.135. The Bertz CT molecular complexity index is 1150. The van der Waals surface area contributed by atoms with Crippen LogP contribution in [0.3, 0.4) is 0 Å². The van der Waals surface area contributed by atoms with E-state index in [0.29, 0.717) is 6.42 Å². The van der Waals surface area contributed by atoms with E-state index in [4.69, 9.17) is 0 Å². The average Bonchev–Trinajstić information content (AvgIpc) is 3.50. The maximum Gasteiger partial charge on any atom is 0.325 e. The third kappa shape index (κ3) is 3.31. The Kier molecular flexibility index (Phi) is 4.82. The summed E-state index contributed by atoms with van der Waals surface area (Å²) in [6.45, 7) is -0.316. The van der Waals surface area contributed by atoms with Crippen LogP contribution >= 0.6 is 11.3 Å². The molecule has 4 amide bonds. The highest BCUT2D eigenvalue weighted by atomic mass is 32.1. The smallest absolute Gasteiger partial charge is 0.325 e. The van der Waals surface area contributed by atoms with Gasteiger partial charge < -0.3 is 10.6 Å². The molecule has 1 spiro atoms. The van der Waals surface area contributed by atoms with E-state index in [1.165, 1.54) is 0 Å². The van der Waals surface area contributed by atoms with Crippen molar-refractivity contribution in [1.29, 1.82) is 0 Å². The van der Waals surface area contributed by atoms with Crippen LogP contribution in [-0.4, -0.2) is 29.3 Å². The minimum absolute atomic E-state index is 0.316. The van der Waals surface area contributed by atoms with Gasteiger partial charge in [-0.05, 0) is 41.0 Å². The Morgan fingerprint density at radius 1 is 1.06 bits per heavy atom. The number of nitrogens with zero attached hydrogens (tertiary/aromatic N) is 1. The van der Waals surface area contributed by atoms with Crippen molar-refractivity contribution < 1.29 is 14.4 Å². The summed E-state index contributed by atoms with van der Waals surface area (Å²) in [7, 11) is 0. The van der Waals surface area contributed by atoms with Gasteiger partial charge in [0, 0.05) is 4.88 Å². The van der Waals surface area contributed by atoms with Crippen LogP contribution in [0, 0.1) is 0 Å². The van der Waals surface area contributed by atoms with Crippen molar-refractivity contribution in [3.8, 4) is 0 Å². The van der Waals surface area contributed by atoms with E-state index < -0.39 is 11.6 Å². The van der Waals surface area contributed by atoms with E-state index in [1.807, 2.05) is 72.1 Å². The van der Waals surface area contributed by atoms with Crippen molar-refractivity contribution in [2.24, 2.45) is 0 Å². The zero-order valence-corrected chi connectivity index (χ0v) is 17.5. The van der Waals surface area contributed by atoms with Crippen LogP contribution < -0.4 is 10.6 Å². The molecule has 1 aliphatic heterocycles. The van der Waals surface area contributed by atoms with Crippen molar-refractivity contribution in [3.63, 3.8) is 0 Å². The van der Waals surface area contributed by atoms with Gasteiger partial charge in [-0.2, -0.15) is 0 Å². The van der Waals surface area contributed by atoms with Crippen molar-refractivity contribution in [2.45, 2.75) is 24.4 Å². The molecule has 1 saturated heterocycles. The van der Waals surface area contributed by atoms with Crippen LogP contribution in [0.15, 0.2) is 72.1 Å². The van der Waals surface area contributed by atoms with Gasteiger partial charge in [0.25, 0.3) is 5.91 Å². The number of carbonyl (C=O) groups is 3. The van der Waals surface area contributed by atoms with E-state index in [-0.39, 0.29) is 24.4 Å². The number of amides is 4. The number of benzene rings is 2. The first kappa shape index (κ1) is 19.5. The lowest BCUT2D eigenvalue weighted by atomic mass is 9.92. The molecule has 0 unspecified atom stereocenters. The number of aryl methyl sites for hydroxylation is 1. The van der Waals surface area contributed by atoms with Crippen molar-refractivity contribution in [3.05, 3.63) is 93.7 Å². The molecule has 2 heterocycles. The largest absolute Gasteiger partial charge is 0.343 e. The number of imide groups is 1. The van der Waals surface area contributed by atoms with E-state index in [1.54, 1.807) is 11.3 Å². The predicted octanol–water partition coefficient (Wildman–Crippen LogP) is 3.35. The summed E-state index contributed by atoms with van der Waals surface area (Å²) in [4.78, 5) is 40.9. The third-order valence-electron chi connectivity index (χ3n) is 5.99. The van der Waals surface area contributed by atoms with E-state index in [9.17, 15) is 14.4 Å². The second-order valence-corrected chi connectivity index (χ2v) is 8.79. The molecule has 1 fully saturated rings. The molecule has 0 radical (unpaired) electrons. The molecule has 0 bridgehead atoms. The predicted molar refractivity (Wildman–Crippen MR) is 117 cm³/mol. The number of fused-ring (bicyclic) bond motifs is 2. The highest BCUT2D eigenvalue weighted by molar-refractivity contribution is 7.10. The maximum absolute atomic E-state index is 13.3. The topological polar surface area (TPSA) is 78.5 Å². The molecule has 1 aliphatic carbocycles. The summed E-state index contributed by atoms with van der Waals surface area (Å²) in [5.41, 5.74) is 1.78. The Balaban J connectivity index is 1.36. The summed E-state index contributed by atoms with van der Waals surface area (Å²) in [5, 5.41) is 7.82. The van der Waals surface area contributed by atoms with E-state index in [2.05, 4.69) is 10.6 Å². The van der Waals surface area contributed by atoms with Crippen molar-refractivity contribution in [1.82, 2.24) is 15.5 Å². The number of rotatable bonds is 5. The SMILES string of the molecule is O=C(CN1C(=O)N[C@]2(CCc3ccccc32)C1=O)N[C@@H](c1ccccc1)c1cccs1. The van der Waals surface area contributed by atoms with Gasteiger partial charge in [0.05, 0.1) is 6.04 Å². The first-order valence-electron chi connectivity index (χ1n) is 10.2. The molecule has 2 aliphatic rings. The van der Waals surface area contributed by atoms with Gasteiger partial charge in [0.1, 0.15) is 12.1 Å². The highest BCUT2D eigenvalue weighted by Gasteiger charge is 2.55. The Morgan fingerprint density at radius 3 is 2.61 bits per heavy atom. The molecule has 2 N–H and O–H groups in total. The second kappa shape index (κ2) is 7.67. The molecule has 0 saturated carbocycles. The number of hydrogen-bond acceptors (Lipinski definition) is 4. The van der Waals surface area contributed by atoms with Gasteiger partial charge in [-0.3, -0.25) is 14.5 Å². The number of carbonyl (C=O) groups excluding carboxylic acids is 3. The lowest BCUT2D eigenvalue weighted by Gasteiger charge is -2.23. The molecule has 5 rings (SSSR count). The Hall–Kier alpha value is -3.45. The molecule has 156 valence electrons. The molecule has 3 aromatic rings.